The molecule has 6 heteroatoms. The molecule has 1 fully saturated rings. The first kappa shape index (κ1) is 12.6. The zero-order valence-electron chi connectivity index (χ0n) is 10.6. The van der Waals surface area contributed by atoms with Crippen molar-refractivity contribution in [2.45, 2.75) is 31.7 Å². The van der Waals surface area contributed by atoms with E-state index >= 15 is 0 Å². The van der Waals surface area contributed by atoms with Crippen molar-refractivity contribution >= 4 is 11.9 Å². The number of carbonyl (C=O) groups is 2. The third kappa shape index (κ3) is 1.87. The van der Waals surface area contributed by atoms with Crippen LogP contribution in [0.3, 0.4) is 0 Å². The molecule has 1 saturated heterocycles. The van der Waals surface area contributed by atoms with E-state index in [1.165, 1.54) is 15.8 Å². The number of aliphatic carboxylic acids is 1. The average molecular weight is 251 g/mol. The summed E-state index contributed by atoms with van der Waals surface area (Å²) in [5, 5.41) is 13.3. The number of rotatable bonds is 2. The summed E-state index contributed by atoms with van der Waals surface area (Å²) in [5.41, 5.74) is -0.691. The second kappa shape index (κ2) is 4.44. The van der Waals surface area contributed by atoms with Gasteiger partial charge < -0.3 is 10.0 Å². The fraction of sp³-hybridized carbons (Fsp3) is 0.583. The van der Waals surface area contributed by atoms with Crippen LogP contribution >= 0.6 is 0 Å². The van der Waals surface area contributed by atoms with Crippen molar-refractivity contribution in [1.82, 2.24) is 14.7 Å². The molecule has 1 amide bonds. The number of aromatic nitrogens is 2. The summed E-state index contributed by atoms with van der Waals surface area (Å²) in [6.07, 6.45) is 3.70. The Hall–Kier alpha value is -1.85. The highest BCUT2D eigenvalue weighted by molar-refractivity contribution is 5.96. The van der Waals surface area contributed by atoms with E-state index in [4.69, 9.17) is 0 Å². The predicted octanol–water partition coefficient (Wildman–Crippen LogP) is 0.890. The van der Waals surface area contributed by atoms with E-state index < -0.39 is 11.5 Å². The van der Waals surface area contributed by atoms with Crippen LogP contribution in [0, 0.1) is 0 Å². The maximum Gasteiger partial charge on any atom is 0.329 e. The summed E-state index contributed by atoms with van der Waals surface area (Å²) in [6, 6.07) is 1.61. The molecule has 0 saturated carbocycles. The number of hydrogen-bond donors (Lipinski definition) is 1. The fourth-order valence-electron chi connectivity index (χ4n) is 2.39. The van der Waals surface area contributed by atoms with Gasteiger partial charge in [-0.15, -0.1) is 0 Å². The molecule has 0 aliphatic carbocycles. The molecule has 0 aromatic carbocycles. The van der Waals surface area contributed by atoms with Gasteiger partial charge in [-0.3, -0.25) is 9.48 Å². The van der Waals surface area contributed by atoms with Crippen molar-refractivity contribution in [3.63, 3.8) is 0 Å². The third-order valence-corrected chi connectivity index (χ3v) is 3.64. The zero-order chi connectivity index (χ0) is 13.3. The number of hydrogen-bond acceptors (Lipinski definition) is 3. The van der Waals surface area contributed by atoms with Gasteiger partial charge in [-0.05, 0) is 32.3 Å². The predicted molar refractivity (Wildman–Crippen MR) is 64.1 cm³/mol. The SMILES string of the molecule is Cn1nccc1C(=O)N1CCCCC1(C)C(=O)O. The molecule has 1 aliphatic heterocycles. The van der Waals surface area contributed by atoms with E-state index in [-0.39, 0.29) is 5.91 Å². The normalized spacial score (nSPS) is 24.0. The van der Waals surface area contributed by atoms with Gasteiger partial charge in [0, 0.05) is 19.8 Å². The van der Waals surface area contributed by atoms with Gasteiger partial charge in [-0.1, -0.05) is 0 Å². The van der Waals surface area contributed by atoms with Gasteiger partial charge >= 0.3 is 5.97 Å². The first-order chi connectivity index (χ1) is 8.47. The second-order valence-corrected chi connectivity index (χ2v) is 4.83. The summed E-state index contributed by atoms with van der Waals surface area (Å²) in [4.78, 5) is 25.3. The minimum absolute atomic E-state index is 0.264. The van der Waals surface area contributed by atoms with E-state index in [0.717, 1.165) is 12.8 Å². The maximum absolute atomic E-state index is 12.4. The zero-order valence-corrected chi connectivity index (χ0v) is 10.6. The maximum atomic E-state index is 12.4. The van der Waals surface area contributed by atoms with E-state index in [0.29, 0.717) is 18.7 Å². The largest absolute Gasteiger partial charge is 0.480 e. The molecule has 1 aromatic heterocycles. The molecule has 0 spiro atoms. The van der Waals surface area contributed by atoms with Gasteiger partial charge in [0.05, 0.1) is 0 Å². The van der Waals surface area contributed by atoms with Crippen LogP contribution in [0.2, 0.25) is 0 Å². The quantitative estimate of drug-likeness (QED) is 0.847. The van der Waals surface area contributed by atoms with Crippen LogP contribution < -0.4 is 0 Å². The van der Waals surface area contributed by atoms with Crippen molar-refractivity contribution in [2.24, 2.45) is 7.05 Å². The Morgan fingerprint density at radius 1 is 1.44 bits per heavy atom. The lowest BCUT2D eigenvalue weighted by molar-refractivity contribution is -0.150. The third-order valence-electron chi connectivity index (χ3n) is 3.64. The van der Waals surface area contributed by atoms with E-state index in [9.17, 15) is 14.7 Å². The molecule has 6 nitrogen and oxygen atoms in total. The van der Waals surface area contributed by atoms with Gasteiger partial charge in [-0.25, -0.2) is 4.79 Å². The number of carboxylic acid groups (broad SMARTS) is 1. The lowest BCUT2D eigenvalue weighted by Gasteiger charge is -2.41. The van der Waals surface area contributed by atoms with E-state index in [2.05, 4.69) is 5.10 Å². The average Bonchev–Trinajstić information content (AvgIpc) is 2.75. The lowest BCUT2D eigenvalue weighted by Crippen LogP contribution is -2.57. The summed E-state index contributed by atoms with van der Waals surface area (Å²) in [5.74, 6) is -1.21. The lowest BCUT2D eigenvalue weighted by atomic mass is 9.88. The summed E-state index contributed by atoms with van der Waals surface area (Å²) >= 11 is 0. The van der Waals surface area contributed by atoms with Crippen molar-refractivity contribution in [1.29, 1.82) is 0 Å². The highest BCUT2D eigenvalue weighted by atomic mass is 16.4. The Bertz CT molecular complexity index is 483. The van der Waals surface area contributed by atoms with Crippen LogP contribution in [0.4, 0.5) is 0 Å². The van der Waals surface area contributed by atoms with Crippen molar-refractivity contribution in [2.75, 3.05) is 6.54 Å². The van der Waals surface area contributed by atoms with Crippen molar-refractivity contribution < 1.29 is 14.7 Å². The van der Waals surface area contributed by atoms with Gasteiger partial charge in [0.1, 0.15) is 11.2 Å². The highest BCUT2D eigenvalue weighted by Crippen LogP contribution is 2.29. The molecule has 2 rings (SSSR count). The monoisotopic (exact) mass is 251 g/mol. The Kier molecular flexibility index (Phi) is 3.11. The van der Waals surface area contributed by atoms with Crippen LogP contribution in [0.25, 0.3) is 0 Å². The minimum atomic E-state index is -1.11. The molecule has 1 aromatic rings. The Morgan fingerprint density at radius 3 is 2.72 bits per heavy atom. The number of carbonyl (C=O) groups excluding carboxylic acids is 1. The van der Waals surface area contributed by atoms with E-state index in [1.54, 1.807) is 20.0 Å². The minimum Gasteiger partial charge on any atom is -0.480 e. The summed E-state index contributed by atoms with van der Waals surface area (Å²) in [7, 11) is 1.68. The number of piperidine rings is 1. The molecule has 0 bridgehead atoms. The summed E-state index contributed by atoms with van der Waals surface area (Å²) < 4.78 is 1.47. The van der Waals surface area contributed by atoms with Gasteiger partial charge in [0.15, 0.2) is 0 Å². The van der Waals surface area contributed by atoms with Gasteiger partial charge in [0.25, 0.3) is 5.91 Å². The molecule has 1 aliphatic rings. The van der Waals surface area contributed by atoms with Crippen molar-refractivity contribution in [3.05, 3.63) is 18.0 Å². The number of amides is 1. The highest BCUT2D eigenvalue weighted by Gasteiger charge is 2.44. The molecule has 1 atom stereocenters. The molecular weight excluding hydrogens is 234 g/mol. The summed E-state index contributed by atoms with van der Waals surface area (Å²) in [6.45, 7) is 2.09. The second-order valence-electron chi connectivity index (χ2n) is 4.83. The van der Waals surface area contributed by atoms with Gasteiger partial charge in [-0.2, -0.15) is 5.10 Å². The number of likely N-dealkylation sites (tertiary alicyclic amines) is 1. The first-order valence-electron chi connectivity index (χ1n) is 6.00. The topological polar surface area (TPSA) is 75.4 Å². The smallest absolute Gasteiger partial charge is 0.329 e. The number of carboxylic acids is 1. The van der Waals surface area contributed by atoms with Crippen LogP contribution in [0.5, 0.6) is 0 Å². The van der Waals surface area contributed by atoms with Gasteiger partial charge in [0.2, 0.25) is 0 Å². The fourth-order valence-corrected chi connectivity index (χ4v) is 2.39. The van der Waals surface area contributed by atoms with Crippen LogP contribution in [0.15, 0.2) is 12.3 Å². The number of nitrogens with zero attached hydrogens (tertiary/aromatic N) is 3. The number of aryl methyl sites for hydroxylation is 1. The Balaban J connectivity index is 2.33. The Morgan fingerprint density at radius 2 is 2.17 bits per heavy atom. The Labute approximate surface area is 105 Å². The molecule has 1 N–H and O–H groups in total. The molecule has 2 heterocycles. The van der Waals surface area contributed by atoms with Crippen molar-refractivity contribution in [3.8, 4) is 0 Å². The first-order valence-corrected chi connectivity index (χ1v) is 6.00. The molecular formula is C12H17N3O3. The molecule has 0 radical (unpaired) electrons. The molecule has 18 heavy (non-hydrogen) atoms. The van der Waals surface area contributed by atoms with E-state index in [1.807, 2.05) is 0 Å². The van der Waals surface area contributed by atoms with Crippen LogP contribution in [-0.2, 0) is 11.8 Å². The molecule has 1 unspecified atom stereocenters. The van der Waals surface area contributed by atoms with Crippen LogP contribution in [-0.4, -0.2) is 43.7 Å². The standard InChI is InChI=1S/C12H17N3O3/c1-12(11(17)18)6-3-4-8-15(12)10(16)9-5-7-13-14(9)2/h5,7H,3-4,6,8H2,1-2H3,(H,17,18). The molecule has 98 valence electrons. The van der Waals surface area contributed by atoms with Crippen LogP contribution in [0.1, 0.15) is 36.7 Å².